The minimum Gasteiger partial charge on any atom is -0.510 e. The van der Waals surface area contributed by atoms with Crippen LogP contribution in [0.3, 0.4) is 0 Å². The molecule has 4 rings (SSSR count). The van der Waals surface area contributed by atoms with E-state index in [-0.39, 0.29) is 18.1 Å². The minimum absolute atomic E-state index is 0.107. The van der Waals surface area contributed by atoms with E-state index in [1.165, 1.54) is 18.4 Å². The van der Waals surface area contributed by atoms with Crippen molar-refractivity contribution in [3.05, 3.63) is 76.3 Å². The first-order valence-corrected chi connectivity index (χ1v) is 9.44. The molecule has 0 radical (unpaired) electrons. The number of ether oxygens (including phenoxy) is 1. The number of aliphatic hydroxyl groups is 1. The molecule has 6 nitrogen and oxygen atoms in total. The summed E-state index contributed by atoms with van der Waals surface area (Å²) in [6.45, 7) is 0.186. The summed E-state index contributed by atoms with van der Waals surface area (Å²) in [5.74, 6) is -0.130. The number of amidine groups is 1. The Labute approximate surface area is 165 Å². The lowest BCUT2D eigenvalue weighted by atomic mass is 10.2. The first kappa shape index (κ1) is 17.9. The summed E-state index contributed by atoms with van der Waals surface area (Å²) in [6.07, 6.45) is 0. The number of esters is 1. The molecule has 28 heavy (non-hydrogen) atoms. The molecule has 0 saturated carbocycles. The Morgan fingerprint density at radius 3 is 2.57 bits per heavy atom. The average molecular weight is 391 g/mol. The lowest BCUT2D eigenvalue weighted by molar-refractivity contribution is 0.0600. The van der Waals surface area contributed by atoms with Crippen molar-refractivity contribution in [1.29, 1.82) is 5.41 Å². The SMILES string of the molecule is COC(=O)c1ccc(N2CC(O)=C(c3nc(-c4ccccc4)cs3)C2=N)cc1. The highest BCUT2D eigenvalue weighted by molar-refractivity contribution is 7.11. The second kappa shape index (κ2) is 7.28. The van der Waals surface area contributed by atoms with Crippen molar-refractivity contribution in [3.63, 3.8) is 0 Å². The molecule has 2 aromatic carbocycles. The maximum atomic E-state index is 11.6. The minimum atomic E-state index is -0.416. The van der Waals surface area contributed by atoms with Crippen LogP contribution in [0.4, 0.5) is 5.69 Å². The predicted octanol–water partition coefficient (Wildman–Crippen LogP) is 4.36. The van der Waals surface area contributed by atoms with E-state index in [1.54, 1.807) is 29.2 Å². The molecule has 0 spiro atoms. The van der Waals surface area contributed by atoms with E-state index < -0.39 is 5.97 Å². The monoisotopic (exact) mass is 391 g/mol. The van der Waals surface area contributed by atoms with Crippen LogP contribution in [0.15, 0.2) is 65.7 Å². The van der Waals surface area contributed by atoms with Gasteiger partial charge in [0.1, 0.15) is 16.6 Å². The van der Waals surface area contributed by atoms with Crippen molar-refractivity contribution in [3.8, 4) is 11.3 Å². The summed E-state index contributed by atoms with van der Waals surface area (Å²) >= 11 is 1.40. The fourth-order valence-electron chi connectivity index (χ4n) is 3.05. The maximum Gasteiger partial charge on any atom is 0.337 e. The molecule has 1 aliphatic heterocycles. The van der Waals surface area contributed by atoms with Crippen molar-refractivity contribution in [2.45, 2.75) is 0 Å². The summed E-state index contributed by atoms with van der Waals surface area (Å²) in [5, 5.41) is 21.6. The molecule has 0 amide bonds. The van der Waals surface area contributed by atoms with Crippen LogP contribution >= 0.6 is 11.3 Å². The number of nitrogens with zero attached hydrogens (tertiary/aromatic N) is 2. The summed E-state index contributed by atoms with van der Waals surface area (Å²) in [4.78, 5) is 17.9. The van der Waals surface area contributed by atoms with E-state index in [0.29, 0.717) is 21.8 Å². The average Bonchev–Trinajstić information content (AvgIpc) is 3.32. The van der Waals surface area contributed by atoms with Gasteiger partial charge < -0.3 is 14.7 Å². The van der Waals surface area contributed by atoms with E-state index in [0.717, 1.165) is 11.3 Å². The molecule has 1 aliphatic rings. The second-order valence-corrected chi connectivity index (χ2v) is 7.06. The topological polar surface area (TPSA) is 86.5 Å². The van der Waals surface area contributed by atoms with E-state index in [1.807, 2.05) is 35.7 Å². The Balaban J connectivity index is 1.59. The van der Waals surface area contributed by atoms with Crippen LogP contribution in [0, 0.1) is 5.41 Å². The Bertz CT molecular complexity index is 1070. The van der Waals surface area contributed by atoms with Crippen LogP contribution in [0.1, 0.15) is 15.4 Å². The van der Waals surface area contributed by atoms with Gasteiger partial charge in [0.2, 0.25) is 0 Å². The number of benzene rings is 2. The normalized spacial score (nSPS) is 13.9. The number of methoxy groups -OCH3 is 1. The van der Waals surface area contributed by atoms with Gasteiger partial charge in [0.25, 0.3) is 0 Å². The third-order valence-corrected chi connectivity index (χ3v) is 5.35. The van der Waals surface area contributed by atoms with E-state index in [4.69, 9.17) is 10.1 Å². The lowest BCUT2D eigenvalue weighted by Crippen LogP contribution is -2.26. The van der Waals surface area contributed by atoms with Crippen LogP contribution in [-0.2, 0) is 4.74 Å². The van der Waals surface area contributed by atoms with Crippen LogP contribution in [0.2, 0.25) is 0 Å². The van der Waals surface area contributed by atoms with Crippen LogP contribution in [0.25, 0.3) is 16.8 Å². The number of carbonyl (C=O) groups is 1. The summed E-state index contributed by atoms with van der Waals surface area (Å²) < 4.78 is 4.70. The highest BCUT2D eigenvalue weighted by Gasteiger charge is 2.31. The van der Waals surface area contributed by atoms with Crippen LogP contribution in [0.5, 0.6) is 0 Å². The van der Waals surface area contributed by atoms with Gasteiger partial charge in [-0.25, -0.2) is 9.78 Å². The molecular formula is C21H17N3O3S. The summed E-state index contributed by atoms with van der Waals surface area (Å²) in [7, 11) is 1.33. The van der Waals surface area contributed by atoms with Crippen molar-refractivity contribution in [1.82, 2.24) is 4.98 Å². The van der Waals surface area contributed by atoms with Crippen molar-refractivity contribution < 1.29 is 14.6 Å². The summed E-state index contributed by atoms with van der Waals surface area (Å²) in [6, 6.07) is 16.5. The standard InChI is InChI=1S/C21H17N3O3S/c1-27-21(26)14-7-9-15(10-8-14)24-11-17(25)18(19(24)22)20-23-16(12-28-20)13-5-3-2-4-6-13/h2-10,12,22,25H,11H2,1H3. The Hall–Kier alpha value is -3.45. The fraction of sp³-hybridized carbons (Fsp3) is 0.0952. The highest BCUT2D eigenvalue weighted by Crippen LogP contribution is 2.34. The van der Waals surface area contributed by atoms with Crippen LogP contribution < -0.4 is 4.90 Å². The number of thiazole rings is 1. The third-order valence-electron chi connectivity index (χ3n) is 4.49. The Morgan fingerprint density at radius 1 is 1.18 bits per heavy atom. The lowest BCUT2D eigenvalue weighted by Gasteiger charge is -2.18. The molecule has 7 heteroatoms. The first-order chi connectivity index (χ1) is 13.6. The molecule has 1 aromatic heterocycles. The molecule has 0 atom stereocenters. The van der Waals surface area contributed by atoms with Gasteiger partial charge in [0.15, 0.2) is 0 Å². The first-order valence-electron chi connectivity index (χ1n) is 8.56. The zero-order valence-electron chi connectivity index (χ0n) is 15.0. The van der Waals surface area contributed by atoms with Gasteiger partial charge in [-0.3, -0.25) is 5.41 Å². The Morgan fingerprint density at radius 2 is 1.89 bits per heavy atom. The maximum absolute atomic E-state index is 11.6. The fourth-order valence-corrected chi connectivity index (χ4v) is 3.95. The number of carbonyl (C=O) groups excluding carboxylic acids is 1. The molecular weight excluding hydrogens is 374 g/mol. The van der Waals surface area contributed by atoms with Gasteiger partial charge >= 0.3 is 5.97 Å². The van der Waals surface area contributed by atoms with Gasteiger partial charge in [0.05, 0.1) is 30.5 Å². The van der Waals surface area contributed by atoms with Gasteiger partial charge in [0, 0.05) is 16.6 Å². The van der Waals surface area contributed by atoms with Gasteiger partial charge in [-0.05, 0) is 24.3 Å². The van der Waals surface area contributed by atoms with Gasteiger partial charge in [-0.15, -0.1) is 11.3 Å². The third kappa shape index (κ3) is 3.16. The largest absolute Gasteiger partial charge is 0.510 e. The van der Waals surface area contributed by atoms with Crippen molar-refractivity contribution in [2.24, 2.45) is 0 Å². The van der Waals surface area contributed by atoms with E-state index >= 15 is 0 Å². The second-order valence-electron chi connectivity index (χ2n) is 6.20. The van der Waals surface area contributed by atoms with Crippen molar-refractivity contribution >= 4 is 34.4 Å². The number of hydrogen-bond donors (Lipinski definition) is 2. The number of aliphatic hydroxyl groups excluding tert-OH is 1. The van der Waals surface area contributed by atoms with Crippen molar-refractivity contribution in [2.75, 3.05) is 18.6 Å². The predicted molar refractivity (Wildman–Crippen MR) is 110 cm³/mol. The highest BCUT2D eigenvalue weighted by atomic mass is 32.1. The molecule has 0 fully saturated rings. The molecule has 0 bridgehead atoms. The van der Waals surface area contributed by atoms with E-state index in [9.17, 15) is 9.90 Å². The van der Waals surface area contributed by atoms with Gasteiger partial charge in [-0.2, -0.15) is 0 Å². The molecule has 0 saturated heterocycles. The molecule has 3 aromatic rings. The number of hydrogen-bond acceptors (Lipinski definition) is 6. The molecule has 0 unspecified atom stereocenters. The quantitative estimate of drug-likeness (QED) is 0.645. The molecule has 2 N–H and O–H groups in total. The molecule has 0 aliphatic carbocycles. The number of rotatable bonds is 4. The number of anilines is 1. The Kier molecular flexibility index (Phi) is 4.67. The zero-order valence-corrected chi connectivity index (χ0v) is 15.9. The number of aromatic nitrogens is 1. The zero-order chi connectivity index (χ0) is 19.7. The smallest absolute Gasteiger partial charge is 0.337 e. The van der Waals surface area contributed by atoms with Gasteiger partial charge in [-0.1, -0.05) is 30.3 Å². The summed E-state index contributed by atoms with van der Waals surface area (Å²) in [5.41, 5.74) is 3.38. The number of nitrogens with one attached hydrogen (secondary N) is 1. The van der Waals surface area contributed by atoms with Crippen LogP contribution in [-0.4, -0.2) is 35.5 Å². The molecule has 2 heterocycles. The molecule has 140 valence electrons. The van der Waals surface area contributed by atoms with E-state index in [2.05, 4.69) is 4.98 Å².